The highest BCUT2D eigenvalue weighted by Crippen LogP contribution is 2.42. The van der Waals surface area contributed by atoms with Crippen molar-refractivity contribution in [3.05, 3.63) is 65.2 Å². The molecular weight excluding hydrogens is 400 g/mol. The highest BCUT2D eigenvalue weighted by atomic mass is 32.2. The maximum atomic E-state index is 13.5. The number of sulfonamides is 1. The number of aryl methyl sites for hydroxylation is 1. The maximum Gasteiger partial charge on any atom is 0.429 e. The van der Waals surface area contributed by atoms with E-state index in [0.29, 0.717) is 15.9 Å². The molecule has 0 radical (unpaired) electrons. The second kappa shape index (κ2) is 7.26. The molecule has 0 aliphatic carbocycles. The molecule has 1 amide bonds. The van der Waals surface area contributed by atoms with E-state index in [0.717, 1.165) is 0 Å². The Morgan fingerprint density at radius 1 is 1.10 bits per heavy atom. The van der Waals surface area contributed by atoms with Gasteiger partial charge in [-0.3, -0.25) is 0 Å². The van der Waals surface area contributed by atoms with Crippen molar-refractivity contribution in [3.63, 3.8) is 0 Å². The number of allylic oxidation sites excluding steroid dienone is 1. The van der Waals surface area contributed by atoms with Gasteiger partial charge in [-0.2, -0.15) is 4.31 Å². The Morgan fingerprint density at radius 3 is 2.38 bits per heavy atom. The number of nitrogens with zero attached hydrogens (tertiary/aromatic N) is 1. The number of amides is 1. The average Bonchev–Trinajstić information content (AvgIpc) is 2.65. The number of carbonyl (C=O) groups excluding carboxylic acids is 1. The van der Waals surface area contributed by atoms with Crippen molar-refractivity contribution < 1.29 is 26.7 Å². The Balaban J connectivity index is 2.41. The zero-order valence-corrected chi connectivity index (χ0v) is 17.3. The zero-order valence-electron chi connectivity index (χ0n) is 16.4. The number of para-hydroxylation sites is 1. The molecule has 1 aliphatic heterocycles. The summed E-state index contributed by atoms with van der Waals surface area (Å²) in [4.78, 5) is 12.7. The smallest absolute Gasteiger partial charge is 0.429 e. The van der Waals surface area contributed by atoms with Gasteiger partial charge in [0.05, 0.1) is 10.6 Å². The number of benzene rings is 2. The summed E-state index contributed by atoms with van der Waals surface area (Å²) < 4.78 is 59.6. The van der Waals surface area contributed by atoms with Gasteiger partial charge in [0.25, 0.3) is 16.4 Å². The zero-order chi connectivity index (χ0) is 21.6. The standard InChI is InChI=1S/C21H21F2NO4S/c1-13-9-10-18-16(11-13)15(12-19(22)23)14-7-5-6-8-17(14)24(29(18,26)27)20(25)28-21(2,3)4/h5-12,19H,1-4H3/b15-12+. The topological polar surface area (TPSA) is 63.7 Å². The van der Waals surface area contributed by atoms with Crippen LogP contribution in [-0.2, 0) is 14.8 Å². The average molecular weight is 421 g/mol. The first-order valence-corrected chi connectivity index (χ1v) is 10.3. The molecule has 0 atom stereocenters. The lowest BCUT2D eigenvalue weighted by atomic mass is 9.95. The van der Waals surface area contributed by atoms with Gasteiger partial charge in [-0.25, -0.2) is 22.0 Å². The minimum atomic E-state index is -4.42. The van der Waals surface area contributed by atoms with Crippen LogP contribution in [0.4, 0.5) is 19.3 Å². The molecule has 0 saturated heterocycles. The van der Waals surface area contributed by atoms with E-state index in [2.05, 4.69) is 0 Å². The van der Waals surface area contributed by atoms with E-state index in [1.165, 1.54) is 30.3 Å². The molecule has 0 N–H and O–H groups in total. The van der Waals surface area contributed by atoms with Crippen molar-refractivity contribution in [1.29, 1.82) is 0 Å². The summed E-state index contributed by atoms with van der Waals surface area (Å²) in [6.07, 6.45) is -3.22. The van der Waals surface area contributed by atoms with Crippen LogP contribution in [0.5, 0.6) is 0 Å². The number of hydrogen-bond donors (Lipinski definition) is 0. The highest BCUT2D eigenvalue weighted by molar-refractivity contribution is 7.93. The van der Waals surface area contributed by atoms with E-state index in [1.807, 2.05) is 0 Å². The molecule has 154 valence electrons. The first kappa shape index (κ1) is 21.0. The number of halogens is 2. The normalized spacial score (nSPS) is 16.9. The summed E-state index contributed by atoms with van der Waals surface area (Å²) in [5, 5.41) is 0. The van der Waals surface area contributed by atoms with Gasteiger partial charge in [-0.05, 0) is 51.5 Å². The van der Waals surface area contributed by atoms with Crippen LogP contribution in [0.25, 0.3) is 5.57 Å². The van der Waals surface area contributed by atoms with Crippen molar-refractivity contribution >= 4 is 27.4 Å². The fourth-order valence-corrected chi connectivity index (χ4v) is 4.67. The fraction of sp³-hybridized carbons (Fsp3) is 0.286. The highest BCUT2D eigenvalue weighted by Gasteiger charge is 2.40. The number of fused-ring (bicyclic) bond motifs is 2. The van der Waals surface area contributed by atoms with Crippen LogP contribution < -0.4 is 4.31 Å². The Morgan fingerprint density at radius 2 is 1.76 bits per heavy atom. The molecule has 1 aliphatic rings. The third kappa shape index (κ3) is 4.03. The first-order chi connectivity index (χ1) is 13.4. The summed E-state index contributed by atoms with van der Waals surface area (Å²) in [7, 11) is -4.42. The van der Waals surface area contributed by atoms with Crippen LogP contribution in [0.2, 0.25) is 0 Å². The quantitative estimate of drug-likeness (QED) is 0.640. The third-order valence-electron chi connectivity index (χ3n) is 4.21. The summed E-state index contributed by atoms with van der Waals surface area (Å²) in [5.41, 5.74) is 0.0649. The van der Waals surface area contributed by atoms with Crippen LogP contribution >= 0.6 is 0 Å². The van der Waals surface area contributed by atoms with Crippen molar-refractivity contribution in [1.82, 2.24) is 0 Å². The van der Waals surface area contributed by atoms with Gasteiger partial charge in [0.1, 0.15) is 5.60 Å². The van der Waals surface area contributed by atoms with Crippen LogP contribution in [0.3, 0.4) is 0 Å². The van der Waals surface area contributed by atoms with E-state index in [1.54, 1.807) is 39.8 Å². The van der Waals surface area contributed by atoms with Gasteiger partial charge in [-0.1, -0.05) is 35.9 Å². The summed E-state index contributed by atoms with van der Waals surface area (Å²) in [5.74, 6) is 0. The number of alkyl halides is 2. The van der Waals surface area contributed by atoms with Crippen molar-refractivity contribution in [3.8, 4) is 0 Å². The third-order valence-corrected chi connectivity index (χ3v) is 5.95. The molecule has 0 unspecified atom stereocenters. The molecular formula is C21H21F2NO4S. The lowest BCUT2D eigenvalue weighted by Gasteiger charge is -2.27. The SMILES string of the molecule is Cc1ccc2c(c1)/C(=C/C(F)F)c1ccccc1N(C(=O)OC(C)(C)C)S2(=O)=O. The number of rotatable bonds is 1. The Kier molecular flexibility index (Phi) is 5.25. The van der Waals surface area contributed by atoms with E-state index in [-0.39, 0.29) is 27.3 Å². The minimum Gasteiger partial charge on any atom is -0.443 e. The molecule has 1 heterocycles. The van der Waals surface area contributed by atoms with Crippen LogP contribution in [0.15, 0.2) is 53.4 Å². The van der Waals surface area contributed by atoms with Crippen LogP contribution in [0.1, 0.15) is 37.5 Å². The number of ether oxygens (including phenoxy) is 1. The Labute approximate surface area is 168 Å². The van der Waals surface area contributed by atoms with Crippen LogP contribution in [-0.4, -0.2) is 26.5 Å². The molecule has 8 heteroatoms. The van der Waals surface area contributed by atoms with E-state index in [4.69, 9.17) is 4.74 Å². The van der Waals surface area contributed by atoms with Crippen molar-refractivity contribution in [2.45, 2.75) is 44.6 Å². The van der Waals surface area contributed by atoms with E-state index < -0.39 is 28.1 Å². The number of hydrogen-bond acceptors (Lipinski definition) is 4. The molecule has 0 aromatic heterocycles. The molecule has 0 bridgehead atoms. The maximum absolute atomic E-state index is 13.5. The first-order valence-electron chi connectivity index (χ1n) is 8.90. The summed E-state index contributed by atoms with van der Waals surface area (Å²) >= 11 is 0. The lowest BCUT2D eigenvalue weighted by Crippen LogP contribution is -2.41. The monoisotopic (exact) mass is 421 g/mol. The lowest BCUT2D eigenvalue weighted by molar-refractivity contribution is 0.0609. The predicted octanol–water partition coefficient (Wildman–Crippen LogP) is 5.14. The predicted molar refractivity (Wildman–Crippen MR) is 107 cm³/mol. The molecule has 0 fully saturated rings. The van der Waals surface area contributed by atoms with Crippen LogP contribution in [0, 0.1) is 6.92 Å². The second-order valence-electron chi connectivity index (χ2n) is 7.68. The Bertz CT molecular complexity index is 1100. The fourth-order valence-electron chi connectivity index (χ4n) is 3.14. The van der Waals surface area contributed by atoms with Crippen molar-refractivity contribution in [2.75, 3.05) is 4.31 Å². The molecule has 29 heavy (non-hydrogen) atoms. The van der Waals surface area contributed by atoms with Gasteiger partial charge in [0.15, 0.2) is 0 Å². The largest absolute Gasteiger partial charge is 0.443 e. The van der Waals surface area contributed by atoms with E-state index >= 15 is 0 Å². The van der Waals surface area contributed by atoms with Crippen molar-refractivity contribution in [2.24, 2.45) is 0 Å². The summed E-state index contributed by atoms with van der Waals surface area (Å²) in [6.45, 7) is 6.57. The number of carbonyl (C=O) groups is 1. The molecule has 0 spiro atoms. The van der Waals surface area contributed by atoms with E-state index in [9.17, 15) is 22.0 Å². The van der Waals surface area contributed by atoms with Gasteiger partial charge in [0, 0.05) is 11.1 Å². The van der Waals surface area contributed by atoms with Gasteiger partial charge in [-0.15, -0.1) is 0 Å². The molecule has 2 aromatic rings. The number of anilines is 1. The van der Waals surface area contributed by atoms with Gasteiger partial charge in [0.2, 0.25) is 0 Å². The second-order valence-corrected chi connectivity index (χ2v) is 9.44. The Hall–Kier alpha value is -2.74. The minimum absolute atomic E-state index is 0.0393. The molecule has 2 aromatic carbocycles. The molecule has 5 nitrogen and oxygen atoms in total. The van der Waals surface area contributed by atoms with Gasteiger partial charge < -0.3 is 4.74 Å². The summed E-state index contributed by atoms with van der Waals surface area (Å²) in [6, 6.07) is 10.4. The molecule has 0 saturated carbocycles. The molecule has 3 rings (SSSR count). The van der Waals surface area contributed by atoms with Gasteiger partial charge >= 0.3 is 6.09 Å².